The van der Waals surface area contributed by atoms with Gasteiger partial charge in [0.1, 0.15) is 17.7 Å². The van der Waals surface area contributed by atoms with Crippen LogP contribution in [0.4, 0.5) is 11.4 Å². The summed E-state index contributed by atoms with van der Waals surface area (Å²) in [5, 5.41) is 19.9. The van der Waals surface area contributed by atoms with Crippen LogP contribution < -0.4 is 11.1 Å². The normalized spacial score (nSPS) is 10.3. The van der Waals surface area contributed by atoms with E-state index >= 15 is 0 Å². The minimum atomic E-state index is -0.608. The lowest BCUT2D eigenvalue weighted by Gasteiger charge is -2.06. The molecule has 1 aromatic carbocycles. The zero-order valence-electron chi connectivity index (χ0n) is 11.1. The highest BCUT2D eigenvalue weighted by Crippen LogP contribution is 2.20. The van der Waals surface area contributed by atoms with Gasteiger partial charge in [0, 0.05) is 24.7 Å². The van der Waals surface area contributed by atoms with Crippen molar-refractivity contribution in [3.8, 4) is 0 Å². The largest absolute Gasteiger partial charge is 0.399 e. The third kappa shape index (κ3) is 3.75. The number of aromatic nitrogens is 3. The molecule has 0 aliphatic carbocycles. The van der Waals surface area contributed by atoms with Crippen LogP contribution in [0.15, 0.2) is 24.5 Å². The van der Waals surface area contributed by atoms with Crippen LogP contribution in [0.5, 0.6) is 0 Å². The maximum Gasteiger partial charge on any atom is 0.282 e. The molecular formula is C12H14N6O3. The number of hydrogen-bond acceptors (Lipinski definition) is 6. The lowest BCUT2D eigenvalue weighted by atomic mass is 10.1. The number of carbonyl (C=O) groups is 1. The Hall–Kier alpha value is -2.97. The van der Waals surface area contributed by atoms with Gasteiger partial charge >= 0.3 is 0 Å². The number of anilines is 1. The van der Waals surface area contributed by atoms with Gasteiger partial charge in [-0.15, -0.1) is 0 Å². The maximum atomic E-state index is 12.0. The minimum Gasteiger partial charge on any atom is -0.399 e. The second kappa shape index (κ2) is 6.46. The number of nitrogens with zero attached hydrogens (tertiary/aromatic N) is 3. The average molecular weight is 290 g/mol. The Morgan fingerprint density at radius 1 is 1.48 bits per heavy atom. The number of nitrogens with one attached hydrogen (secondary N) is 2. The molecule has 9 heteroatoms. The predicted molar refractivity (Wildman–Crippen MR) is 74.5 cm³/mol. The van der Waals surface area contributed by atoms with E-state index in [0.717, 1.165) is 5.82 Å². The van der Waals surface area contributed by atoms with Crippen molar-refractivity contribution in [2.75, 3.05) is 12.3 Å². The van der Waals surface area contributed by atoms with Gasteiger partial charge in [-0.05, 0) is 18.6 Å². The number of aromatic amines is 1. The molecule has 21 heavy (non-hydrogen) atoms. The van der Waals surface area contributed by atoms with Crippen molar-refractivity contribution in [1.82, 2.24) is 20.5 Å². The lowest BCUT2D eigenvalue weighted by molar-refractivity contribution is -0.385. The number of nitrogen functional groups attached to an aromatic ring is 1. The predicted octanol–water partition coefficient (Wildman–Crippen LogP) is 0.658. The third-order valence-corrected chi connectivity index (χ3v) is 2.80. The fraction of sp³-hybridized carbons (Fsp3) is 0.250. The van der Waals surface area contributed by atoms with Crippen LogP contribution in [0, 0.1) is 10.1 Å². The molecule has 0 radical (unpaired) electrons. The van der Waals surface area contributed by atoms with Crippen LogP contribution in [0.1, 0.15) is 22.6 Å². The highest BCUT2D eigenvalue weighted by molar-refractivity contribution is 5.99. The Bertz CT molecular complexity index is 640. The molecule has 1 heterocycles. The third-order valence-electron chi connectivity index (χ3n) is 2.80. The first-order chi connectivity index (χ1) is 10.1. The smallest absolute Gasteiger partial charge is 0.282 e. The van der Waals surface area contributed by atoms with E-state index in [9.17, 15) is 14.9 Å². The molecule has 1 aromatic heterocycles. The Balaban J connectivity index is 1.93. The molecule has 0 saturated heterocycles. The van der Waals surface area contributed by atoms with Gasteiger partial charge in [-0.1, -0.05) is 0 Å². The number of carbonyl (C=O) groups excluding carboxylic acids is 1. The fourth-order valence-electron chi connectivity index (χ4n) is 1.80. The van der Waals surface area contributed by atoms with Gasteiger partial charge in [-0.25, -0.2) is 4.98 Å². The van der Waals surface area contributed by atoms with Gasteiger partial charge in [0.15, 0.2) is 0 Å². The zero-order valence-corrected chi connectivity index (χ0v) is 11.1. The van der Waals surface area contributed by atoms with Crippen molar-refractivity contribution >= 4 is 17.3 Å². The maximum absolute atomic E-state index is 12.0. The molecule has 0 unspecified atom stereocenters. The van der Waals surface area contributed by atoms with Crippen molar-refractivity contribution in [3.63, 3.8) is 0 Å². The number of nitro groups is 1. The lowest BCUT2D eigenvalue weighted by Crippen LogP contribution is -2.25. The summed E-state index contributed by atoms with van der Waals surface area (Å²) in [6, 6.07) is 3.90. The summed E-state index contributed by atoms with van der Waals surface area (Å²) in [7, 11) is 0. The second-order valence-corrected chi connectivity index (χ2v) is 4.33. The van der Waals surface area contributed by atoms with Gasteiger partial charge in [0.2, 0.25) is 0 Å². The molecule has 0 aliphatic rings. The first-order valence-corrected chi connectivity index (χ1v) is 6.24. The summed E-state index contributed by atoms with van der Waals surface area (Å²) < 4.78 is 0. The van der Waals surface area contributed by atoms with E-state index in [0.29, 0.717) is 25.1 Å². The molecule has 0 fully saturated rings. The van der Waals surface area contributed by atoms with E-state index in [-0.39, 0.29) is 11.3 Å². The van der Waals surface area contributed by atoms with Crippen LogP contribution in [-0.4, -0.2) is 32.6 Å². The van der Waals surface area contributed by atoms with Gasteiger partial charge in [-0.2, -0.15) is 5.10 Å². The summed E-state index contributed by atoms with van der Waals surface area (Å²) in [5.41, 5.74) is 5.55. The summed E-state index contributed by atoms with van der Waals surface area (Å²) in [6.45, 7) is 0.367. The van der Waals surface area contributed by atoms with Gasteiger partial charge in [0.05, 0.1) is 4.92 Å². The summed E-state index contributed by atoms with van der Waals surface area (Å²) >= 11 is 0. The van der Waals surface area contributed by atoms with Crippen LogP contribution in [0.25, 0.3) is 0 Å². The van der Waals surface area contributed by atoms with E-state index in [1.807, 2.05) is 0 Å². The first kappa shape index (κ1) is 14.4. The molecule has 1 amide bonds. The van der Waals surface area contributed by atoms with Crippen LogP contribution in [0.3, 0.4) is 0 Å². The monoisotopic (exact) mass is 290 g/mol. The Kier molecular flexibility index (Phi) is 4.44. The first-order valence-electron chi connectivity index (χ1n) is 6.24. The molecule has 0 spiro atoms. The molecule has 2 aromatic rings. The Morgan fingerprint density at radius 2 is 2.29 bits per heavy atom. The minimum absolute atomic E-state index is 0.0420. The van der Waals surface area contributed by atoms with Crippen molar-refractivity contribution in [1.29, 1.82) is 0 Å². The number of nitro benzene ring substituents is 1. The molecule has 2 rings (SSSR count). The zero-order chi connectivity index (χ0) is 15.2. The molecule has 0 aliphatic heterocycles. The van der Waals surface area contributed by atoms with Crippen molar-refractivity contribution in [3.05, 3.63) is 46.0 Å². The van der Waals surface area contributed by atoms with Gasteiger partial charge < -0.3 is 11.1 Å². The number of aryl methyl sites for hydroxylation is 1. The van der Waals surface area contributed by atoms with Gasteiger partial charge in [0.25, 0.3) is 11.6 Å². The topological polar surface area (TPSA) is 140 Å². The highest BCUT2D eigenvalue weighted by atomic mass is 16.6. The SMILES string of the molecule is Nc1ccc([N+](=O)[O-])c(C(=O)NCCCc2ncn[nH]2)c1. The summed E-state index contributed by atoms with van der Waals surface area (Å²) in [5.74, 6) is 0.200. The van der Waals surface area contributed by atoms with Gasteiger partial charge in [-0.3, -0.25) is 20.0 Å². The molecule has 4 N–H and O–H groups in total. The molecular weight excluding hydrogens is 276 g/mol. The van der Waals surface area contributed by atoms with E-state index in [2.05, 4.69) is 20.5 Å². The Labute approximate surface area is 119 Å². The number of H-pyrrole nitrogens is 1. The number of rotatable bonds is 6. The average Bonchev–Trinajstić information content (AvgIpc) is 2.96. The molecule has 9 nitrogen and oxygen atoms in total. The molecule has 0 bridgehead atoms. The van der Waals surface area contributed by atoms with E-state index in [4.69, 9.17) is 5.73 Å². The summed E-state index contributed by atoms with van der Waals surface area (Å²) in [4.78, 5) is 26.2. The fourth-order valence-corrected chi connectivity index (χ4v) is 1.80. The molecule has 110 valence electrons. The van der Waals surface area contributed by atoms with Crippen LogP contribution in [-0.2, 0) is 6.42 Å². The van der Waals surface area contributed by atoms with Crippen LogP contribution >= 0.6 is 0 Å². The number of nitrogens with two attached hydrogens (primary N) is 1. The highest BCUT2D eigenvalue weighted by Gasteiger charge is 2.19. The number of benzene rings is 1. The quantitative estimate of drug-likeness (QED) is 0.309. The standard InChI is InChI=1S/C12H14N6O3/c13-8-3-4-10(18(20)21)9(6-8)12(19)14-5-1-2-11-15-7-16-17-11/h3-4,6-7H,1-2,5,13H2,(H,14,19)(H,15,16,17). The molecule has 0 atom stereocenters. The van der Waals surface area contributed by atoms with E-state index in [1.165, 1.54) is 24.5 Å². The van der Waals surface area contributed by atoms with Crippen molar-refractivity contribution < 1.29 is 9.72 Å². The molecule has 0 saturated carbocycles. The Morgan fingerprint density at radius 3 is 2.95 bits per heavy atom. The van der Waals surface area contributed by atoms with Crippen molar-refractivity contribution in [2.45, 2.75) is 12.8 Å². The van der Waals surface area contributed by atoms with E-state index < -0.39 is 10.8 Å². The van der Waals surface area contributed by atoms with E-state index in [1.54, 1.807) is 0 Å². The number of amides is 1. The summed E-state index contributed by atoms with van der Waals surface area (Å²) in [6.07, 6.45) is 2.67. The number of hydrogen-bond donors (Lipinski definition) is 3. The van der Waals surface area contributed by atoms with Crippen molar-refractivity contribution in [2.24, 2.45) is 0 Å². The van der Waals surface area contributed by atoms with Crippen LogP contribution in [0.2, 0.25) is 0 Å². The second-order valence-electron chi connectivity index (χ2n) is 4.33.